The Morgan fingerprint density at radius 3 is 2.48 bits per heavy atom. The molecule has 1 aliphatic heterocycles. The van der Waals surface area contributed by atoms with E-state index in [1.54, 1.807) is 0 Å². The fourth-order valence-corrected chi connectivity index (χ4v) is 3.37. The third kappa shape index (κ3) is 4.97. The molecule has 1 aliphatic rings. The molecule has 0 saturated carbocycles. The zero-order chi connectivity index (χ0) is 17.0. The zero-order valence-electron chi connectivity index (χ0n) is 13.3. The lowest BCUT2D eigenvalue weighted by atomic mass is 10.0. The van der Waals surface area contributed by atoms with E-state index < -0.39 is 34.4 Å². The van der Waals surface area contributed by atoms with E-state index in [-0.39, 0.29) is 13.2 Å². The Morgan fingerprint density at radius 2 is 1.91 bits per heavy atom. The van der Waals surface area contributed by atoms with E-state index in [0.29, 0.717) is 6.54 Å². The molecule has 0 amide bonds. The van der Waals surface area contributed by atoms with Crippen molar-refractivity contribution in [3.05, 3.63) is 35.9 Å². The van der Waals surface area contributed by atoms with Crippen LogP contribution in [0.4, 0.5) is 0 Å². The number of sulfonamides is 1. The molecule has 130 valence electrons. The molecule has 0 radical (unpaired) electrons. The predicted molar refractivity (Wildman–Crippen MR) is 86.3 cm³/mol. The number of nitrogens with zero attached hydrogens (tertiary/aromatic N) is 1. The molecular formula is C15H24N2O5S. The second kappa shape index (κ2) is 7.69. The van der Waals surface area contributed by atoms with Gasteiger partial charge in [-0.05, 0) is 12.6 Å². The largest absolute Gasteiger partial charge is 0.394 e. The summed E-state index contributed by atoms with van der Waals surface area (Å²) in [5.74, 6) is 0. The number of likely N-dealkylation sites (N-methyl/N-ethyl adjacent to an activating group) is 1. The lowest BCUT2D eigenvalue weighted by Gasteiger charge is -2.30. The maximum atomic E-state index is 11.3. The van der Waals surface area contributed by atoms with Crippen molar-refractivity contribution in [2.75, 3.05) is 26.5 Å². The average Bonchev–Trinajstić information content (AvgIpc) is 2.81. The van der Waals surface area contributed by atoms with Crippen LogP contribution in [0, 0.1) is 0 Å². The predicted octanol–water partition coefficient (Wildman–Crippen LogP) is -0.843. The highest BCUT2D eigenvalue weighted by atomic mass is 32.2. The Kier molecular flexibility index (Phi) is 6.12. The molecule has 0 aromatic heterocycles. The van der Waals surface area contributed by atoms with Crippen LogP contribution < -0.4 is 4.72 Å². The monoisotopic (exact) mass is 344 g/mol. The number of hydrogen-bond donors (Lipinski definition) is 3. The van der Waals surface area contributed by atoms with E-state index in [0.717, 1.165) is 11.8 Å². The van der Waals surface area contributed by atoms with Crippen LogP contribution in [0.1, 0.15) is 5.56 Å². The molecule has 4 atom stereocenters. The van der Waals surface area contributed by atoms with Crippen molar-refractivity contribution < 1.29 is 23.4 Å². The van der Waals surface area contributed by atoms with Crippen molar-refractivity contribution in [3.63, 3.8) is 0 Å². The lowest BCUT2D eigenvalue weighted by Crippen LogP contribution is -2.49. The van der Waals surface area contributed by atoms with Gasteiger partial charge in [0.15, 0.2) is 0 Å². The van der Waals surface area contributed by atoms with Crippen LogP contribution >= 0.6 is 0 Å². The van der Waals surface area contributed by atoms with Gasteiger partial charge in [0.05, 0.1) is 25.0 Å². The number of aliphatic hydroxyl groups is 2. The highest BCUT2D eigenvalue weighted by Crippen LogP contribution is 2.26. The Hall–Kier alpha value is -1.03. The molecule has 3 N–H and O–H groups in total. The third-order valence-electron chi connectivity index (χ3n) is 3.97. The molecule has 1 saturated heterocycles. The van der Waals surface area contributed by atoms with Crippen LogP contribution in [0.3, 0.4) is 0 Å². The van der Waals surface area contributed by atoms with Crippen molar-refractivity contribution >= 4 is 10.0 Å². The van der Waals surface area contributed by atoms with Gasteiger partial charge < -0.3 is 14.9 Å². The molecule has 23 heavy (non-hydrogen) atoms. The summed E-state index contributed by atoms with van der Waals surface area (Å²) in [6, 6.07) is 9.34. The summed E-state index contributed by atoms with van der Waals surface area (Å²) in [5, 5.41) is 19.7. The Morgan fingerprint density at radius 1 is 1.26 bits per heavy atom. The minimum Gasteiger partial charge on any atom is -0.394 e. The van der Waals surface area contributed by atoms with Gasteiger partial charge in [-0.25, -0.2) is 13.1 Å². The number of hydrogen-bond acceptors (Lipinski definition) is 6. The summed E-state index contributed by atoms with van der Waals surface area (Å²) in [4.78, 5) is 1.92. The van der Waals surface area contributed by atoms with Crippen molar-refractivity contribution in [1.82, 2.24) is 9.62 Å². The first-order chi connectivity index (χ1) is 10.8. The molecular weight excluding hydrogens is 320 g/mol. The van der Waals surface area contributed by atoms with E-state index in [4.69, 9.17) is 4.74 Å². The van der Waals surface area contributed by atoms with Gasteiger partial charge in [0.2, 0.25) is 10.0 Å². The second-order valence-electron chi connectivity index (χ2n) is 5.90. The topological polar surface area (TPSA) is 99.1 Å². The van der Waals surface area contributed by atoms with E-state index in [1.807, 2.05) is 42.3 Å². The first-order valence-corrected chi connectivity index (χ1v) is 9.34. The maximum absolute atomic E-state index is 11.3. The molecule has 2 rings (SSSR count). The number of rotatable bonds is 7. The van der Waals surface area contributed by atoms with Crippen LogP contribution in [0.15, 0.2) is 30.3 Å². The molecule has 0 unspecified atom stereocenters. The number of ether oxygens (including phenoxy) is 1. The zero-order valence-corrected chi connectivity index (χ0v) is 14.1. The normalized spacial score (nSPS) is 28.4. The first kappa shape index (κ1) is 18.3. The Labute approximate surface area is 136 Å². The van der Waals surface area contributed by atoms with Crippen molar-refractivity contribution in [2.24, 2.45) is 0 Å². The molecule has 7 nitrogen and oxygen atoms in total. The standard InChI is InChI=1S/C15H24N2O5S/c1-17(9-11-6-4-3-5-7-11)14-12(8-16-23(2,20)21)22-13(10-18)15(14)19/h3-7,12-16,18-19H,8-10H2,1-2H3/t12-,13+,14+,15-/m1/s1. The number of aliphatic hydroxyl groups excluding tert-OH is 2. The fraction of sp³-hybridized carbons (Fsp3) is 0.600. The van der Waals surface area contributed by atoms with Crippen LogP contribution in [-0.4, -0.2) is 74.3 Å². The molecule has 0 aliphatic carbocycles. The van der Waals surface area contributed by atoms with Gasteiger partial charge in [0, 0.05) is 13.1 Å². The fourth-order valence-electron chi connectivity index (χ4n) is 2.90. The van der Waals surface area contributed by atoms with E-state index in [1.165, 1.54) is 0 Å². The second-order valence-corrected chi connectivity index (χ2v) is 7.73. The minimum absolute atomic E-state index is 0.0518. The molecule has 0 spiro atoms. The highest BCUT2D eigenvalue weighted by molar-refractivity contribution is 7.88. The number of nitrogens with one attached hydrogen (secondary N) is 1. The van der Waals surface area contributed by atoms with Crippen LogP contribution in [0.5, 0.6) is 0 Å². The van der Waals surface area contributed by atoms with Crippen LogP contribution in [0.2, 0.25) is 0 Å². The average molecular weight is 344 g/mol. The molecule has 8 heteroatoms. The smallest absolute Gasteiger partial charge is 0.208 e. The van der Waals surface area contributed by atoms with Gasteiger partial charge in [-0.1, -0.05) is 30.3 Å². The molecule has 1 fully saturated rings. The summed E-state index contributed by atoms with van der Waals surface area (Å²) >= 11 is 0. The van der Waals surface area contributed by atoms with Gasteiger partial charge in [-0.15, -0.1) is 0 Å². The Balaban J connectivity index is 2.10. The quantitative estimate of drug-likeness (QED) is 0.596. The van der Waals surface area contributed by atoms with Gasteiger partial charge >= 0.3 is 0 Å². The SMILES string of the molecule is CN(Cc1ccccc1)[C@@H]1[C@H](O)[C@H](CO)O[C@@H]1CNS(C)(=O)=O. The van der Waals surface area contributed by atoms with Crippen LogP contribution in [-0.2, 0) is 21.3 Å². The summed E-state index contributed by atoms with van der Waals surface area (Å²) in [7, 11) is -1.51. The van der Waals surface area contributed by atoms with Gasteiger partial charge in [-0.2, -0.15) is 0 Å². The molecule has 1 heterocycles. The van der Waals surface area contributed by atoms with Crippen molar-refractivity contribution in [3.8, 4) is 0 Å². The molecule has 0 bridgehead atoms. The maximum Gasteiger partial charge on any atom is 0.208 e. The van der Waals surface area contributed by atoms with Crippen LogP contribution in [0.25, 0.3) is 0 Å². The summed E-state index contributed by atoms with van der Waals surface area (Å²) < 4.78 is 30.6. The van der Waals surface area contributed by atoms with Crippen molar-refractivity contribution in [1.29, 1.82) is 0 Å². The van der Waals surface area contributed by atoms with Gasteiger partial charge in [0.1, 0.15) is 12.2 Å². The summed E-state index contributed by atoms with van der Waals surface area (Å²) in [6.07, 6.45) is -1.07. The molecule has 1 aromatic rings. The van der Waals surface area contributed by atoms with E-state index in [9.17, 15) is 18.6 Å². The lowest BCUT2D eigenvalue weighted by molar-refractivity contribution is -0.0200. The number of benzene rings is 1. The minimum atomic E-state index is -3.35. The summed E-state index contributed by atoms with van der Waals surface area (Å²) in [5.41, 5.74) is 1.07. The van der Waals surface area contributed by atoms with E-state index in [2.05, 4.69) is 4.72 Å². The summed E-state index contributed by atoms with van der Waals surface area (Å²) in [6.45, 7) is 0.321. The Bertz CT molecular complexity index is 595. The first-order valence-electron chi connectivity index (χ1n) is 7.45. The van der Waals surface area contributed by atoms with E-state index >= 15 is 0 Å². The van der Waals surface area contributed by atoms with Gasteiger partial charge in [-0.3, -0.25) is 4.90 Å². The molecule has 1 aromatic carbocycles. The third-order valence-corrected chi connectivity index (χ3v) is 4.66. The van der Waals surface area contributed by atoms with Crippen molar-refractivity contribution in [2.45, 2.75) is 30.9 Å². The van der Waals surface area contributed by atoms with Gasteiger partial charge in [0.25, 0.3) is 0 Å². The highest BCUT2D eigenvalue weighted by Gasteiger charge is 2.45.